The molecule has 1 saturated heterocycles. The Bertz CT molecular complexity index is 819. The van der Waals surface area contributed by atoms with Gasteiger partial charge in [-0.25, -0.2) is 0 Å². The van der Waals surface area contributed by atoms with Gasteiger partial charge in [-0.3, -0.25) is 14.6 Å². The average molecular weight is 365 g/mol. The van der Waals surface area contributed by atoms with Crippen LogP contribution in [0.25, 0.3) is 11.1 Å². The van der Waals surface area contributed by atoms with Crippen molar-refractivity contribution in [2.45, 2.75) is 33.1 Å². The molecule has 0 aliphatic carbocycles. The maximum Gasteiger partial charge on any atom is 0.225 e. The number of hydrogen-bond donors (Lipinski definition) is 1. The zero-order valence-electron chi connectivity index (χ0n) is 16.0. The smallest absolute Gasteiger partial charge is 0.225 e. The first-order valence-corrected chi connectivity index (χ1v) is 9.47. The van der Waals surface area contributed by atoms with E-state index in [2.05, 4.69) is 11.1 Å². The first-order chi connectivity index (χ1) is 12.9. The highest BCUT2D eigenvalue weighted by atomic mass is 16.2. The van der Waals surface area contributed by atoms with Gasteiger partial charge in [-0.05, 0) is 47.6 Å². The molecule has 1 fully saturated rings. The third-order valence-corrected chi connectivity index (χ3v) is 5.35. The van der Waals surface area contributed by atoms with Crippen LogP contribution in [-0.4, -0.2) is 34.8 Å². The average Bonchev–Trinajstić information content (AvgIpc) is 3.08. The number of hydrogen-bond acceptors (Lipinski definition) is 3. The highest BCUT2D eigenvalue weighted by molar-refractivity contribution is 5.85. The van der Waals surface area contributed by atoms with Crippen LogP contribution in [0.4, 0.5) is 0 Å². The van der Waals surface area contributed by atoms with Crippen molar-refractivity contribution in [2.75, 3.05) is 13.1 Å². The molecule has 5 nitrogen and oxygen atoms in total. The monoisotopic (exact) mass is 365 g/mol. The summed E-state index contributed by atoms with van der Waals surface area (Å²) in [4.78, 5) is 30.8. The third kappa shape index (κ3) is 4.18. The lowest BCUT2D eigenvalue weighted by Gasteiger charge is -2.27. The normalized spacial score (nSPS) is 19.4. The van der Waals surface area contributed by atoms with Crippen LogP contribution in [0.3, 0.4) is 0 Å². The van der Waals surface area contributed by atoms with E-state index in [0.717, 1.165) is 16.7 Å². The second kappa shape index (κ2) is 7.91. The van der Waals surface area contributed by atoms with Crippen LogP contribution in [0.1, 0.15) is 32.3 Å². The summed E-state index contributed by atoms with van der Waals surface area (Å²) in [5.41, 5.74) is 8.34. The summed E-state index contributed by atoms with van der Waals surface area (Å²) in [6, 6.07) is 12.0. The van der Waals surface area contributed by atoms with Crippen molar-refractivity contribution >= 4 is 11.8 Å². The van der Waals surface area contributed by atoms with Gasteiger partial charge in [-0.2, -0.15) is 0 Å². The van der Waals surface area contributed by atoms with E-state index >= 15 is 0 Å². The predicted molar refractivity (Wildman–Crippen MR) is 106 cm³/mol. The summed E-state index contributed by atoms with van der Waals surface area (Å²) < 4.78 is 0. The molecule has 1 aromatic heterocycles. The number of likely N-dealkylation sites (tertiary alicyclic amines) is 1. The zero-order chi connectivity index (χ0) is 19.4. The standard InChI is InChI=1S/C22H27N3O2/c1-16(2)13-20(26)25-12-9-22(15-25,21(23)27)14-18-5-3-4-6-19(18)17-7-10-24-11-8-17/h3-8,10-11,16H,9,12-15H2,1-2H3,(H2,23,27)/t22-/m1/s1. The van der Waals surface area contributed by atoms with Crippen molar-refractivity contribution < 1.29 is 9.59 Å². The van der Waals surface area contributed by atoms with Crippen molar-refractivity contribution in [1.82, 2.24) is 9.88 Å². The maximum absolute atomic E-state index is 12.5. The van der Waals surface area contributed by atoms with Gasteiger partial charge in [-0.1, -0.05) is 38.1 Å². The summed E-state index contributed by atoms with van der Waals surface area (Å²) in [6.45, 7) is 5.05. The molecule has 2 heterocycles. The molecule has 3 rings (SSSR count). The van der Waals surface area contributed by atoms with Gasteiger partial charge < -0.3 is 10.6 Å². The van der Waals surface area contributed by atoms with Gasteiger partial charge in [0.15, 0.2) is 0 Å². The van der Waals surface area contributed by atoms with E-state index in [0.29, 0.717) is 38.3 Å². The number of benzene rings is 1. The fourth-order valence-corrected chi connectivity index (χ4v) is 3.85. The Balaban J connectivity index is 1.87. The SMILES string of the molecule is CC(C)CC(=O)N1CC[C@](Cc2ccccc2-c2ccncc2)(C(N)=O)C1. The molecule has 0 spiro atoms. The number of carbonyl (C=O) groups is 2. The van der Waals surface area contributed by atoms with E-state index in [1.54, 1.807) is 17.3 Å². The predicted octanol–water partition coefficient (Wildman–Crippen LogP) is 3.04. The maximum atomic E-state index is 12.5. The van der Waals surface area contributed by atoms with Crippen molar-refractivity contribution in [2.24, 2.45) is 17.1 Å². The molecular weight excluding hydrogens is 338 g/mol. The van der Waals surface area contributed by atoms with Crippen molar-refractivity contribution in [3.05, 3.63) is 54.4 Å². The first-order valence-electron chi connectivity index (χ1n) is 9.47. The Morgan fingerprint density at radius 3 is 2.56 bits per heavy atom. The molecule has 1 aliphatic heterocycles. The Kier molecular flexibility index (Phi) is 5.59. The number of aromatic nitrogens is 1. The Morgan fingerprint density at radius 2 is 1.89 bits per heavy atom. The number of nitrogens with two attached hydrogens (primary N) is 1. The summed E-state index contributed by atoms with van der Waals surface area (Å²) in [7, 11) is 0. The molecule has 2 amide bonds. The quantitative estimate of drug-likeness (QED) is 0.855. The van der Waals surface area contributed by atoms with Gasteiger partial charge in [-0.15, -0.1) is 0 Å². The fraction of sp³-hybridized carbons (Fsp3) is 0.409. The number of pyridine rings is 1. The van der Waals surface area contributed by atoms with Crippen LogP contribution >= 0.6 is 0 Å². The van der Waals surface area contributed by atoms with E-state index < -0.39 is 5.41 Å². The lowest BCUT2D eigenvalue weighted by Crippen LogP contribution is -2.42. The highest BCUT2D eigenvalue weighted by Gasteiger charge is 2.45. The molecule has 1 aromatic carbocycles. The number of primary amides is 1. The van der Waals surface area contributed by atoms with Crippen molar-refractivity contribution in [3.8, 4) is 11.1 Å². The van der Waals surface area contributed by atoms with Gasteiger partial charge in [0, 0.05) is 31.9 Å². The van der Waals surface area contributed by atoms with Crippen molar-refractivity contribution in [1.29, 1.82) is 0 Å². The Morgan fingerprint density at radius 1 is 1.19 bits per heavy atom. The van der Waals surface area contributed by atoms with Gasteiger partial charge in [0.25, 0.3) is 0 Å². The summed E-state index contributed by atoms with van der Waals surface area (Å²) in [5.74, 6) is 0.0796. The highest BCUT2D eigenvalue weighted by Crippen LogP contribution is 2.37. The molecule has 2 N–H and O–H groups in total. The van der Waals surface area contributed by atoms with Gasteiger partial charge in [0.2, 0.25) is 11.8 Å². The van der Waals surface area contributed by atoms with E-state index in [1.807, 2.05) is 44.2 Å². The van der Waals surface area contributed by atoms with E-state index in [9.17, 15) is 9.59 Å². The number of amides is 2. The van der Waals surface area contributed by atoms with Crippen LogP contribution in [0.15, 0.2) is 48.8 Å². The Hall–Kier alpha value is -2.69. The van der Waals surface area contributed by atoms with E-state index in [1.165, 1.54) is 0 Å². The first kappa shape index (κ1) is 19.1. The molecule has 142 valence electrons. The van der Waals surface area contributed by atoms with E-state index in [4.69, 9.17) is 5.73 Å². The van der Waals surface area contributed by atoms with Crippen LogP contribution in [0, 0.1) is 11.3 Å². The number of carbonyl (C=O) groups excluding carboxylic acids is 2. The molecule has 1 atom stereocenters. The summed E-state index contributed by atoms with van der Waals surface area (Å²) >= 11 is 0. The third-order valence-electron chi connectivity index (χ3n) is 5.35. The molecular formula is C22H27N3O2. The van der Waals surface area contributed by atoms with Crippen LogP contribution in [0.2, 0.25) is 0 Å². The van der Waals surface area contributed by atoms with Crippen LogP contribution in [-0.2, 0) is 16.0 Å². The van der Waals surface area contributed by atoms with Gasteiger partial charge in [0.05, 0.1) is 5.41 Å². The minimum absolute atomic E-state index is 0.107. The van der Waals surface area contributed by atoms with Crippen LogP contribution < -0.4 is 5.73 Å². The molecule has 5 heteroatoms. The molecule has 0 bridgehead atoms. The Labute approximate surface area is 160 Å². The van der Waals surface area contributed by atoms with Crippen LogP contribution in [0.5, 0.6) is 0 Å². The van der Waals surface area contributed by atoms with Gasteiger partial charge in [0.1, 0.15) is 0 Å². The topological polar surface area (TPSA) is 76.3 Å². The molecule has 0 saturated carbocycles. The summed E-state index contributed by atoms with van der Waals surface area (Å²) in [5, 5.41) is 0. The molecule has 0 unspecified atom stereocenters. The lowest BCUT2D eigenvalue weighted by atomic mass is 9.78. The molecule has 0 radical (unpaired) electrons. The number of nitrogens with zero attached hydrogens (tertiary/aromatic N) is 2. The van der Waals surface area contributed by atoms with Gasteiger partial charge >= 0.3 is 0 Å². The lowest BCUT2D eigenvalue weighted by molar-refractivity contribution is -0.132. The minimum atomic E-state index is -0.713. The second-order valence-electron chi connectivity index (χ2n) is 7.88. The molecule has 27 heavy (non-hydrogen) atoms. The number of rotatable bonds is 6. The summed E-state index contributed by atoms with van der Waals surface area (Å²) in [6.07, 6.45) is 5.17. The minimum Gasteiger partial charge on any atom is -0.369 e. The fourth-order valence-electron chi connectivity index (χ4n) is 3.85. The second-order valence-corrected chi connectivity index (χ2v) is 7.88. The largest absolute Gasteiger partial charge is 0.369 e. The molecule has 2 aromatic rings. The zero-order valence-corrected chi connectivity index (χ0v) is 16.0. The van der Waals surface area contributed by atoms with E-state index in [-0.39, 0.29) is 11.8 Å². The molecule has 1 aliphatic rings. The van der Waals surface area contributed by atoms with Crippen molar-refractivity contribution in [3.63, 3.8) is 0 Å².